The van der Waals surface area contributed by atoms with Crippen molar-refractivity contribution in [2.24, 2.45) is 5.92 Å². The van der Waals surface area contributed by atoms with Gasteiger partial charge >= 0.3 is 0 Å². The first-order valence-electron chi connectivity index (χ1n) is 5.15. The Morgan fingerprint density at radius 3 is 2.94 bits per heavy atom. The van der Waals surface area contributed by atoms with Crippen molar-refractivity contribution < 1.29 is 12.9 Å². The highest BCUT2D eigenvalue weighted by molar-refractivity contribution is 7.92. The molecule has 1 atom stereocenters. The Balaban J connectivity index is 2.02. The lowest BCUT2D eigenvalue weighted by atomic mass is 10.0. The summed E-state index contributed by atoms with van der Waals surface area (Å²) in [4.78, 5) is 0. The highest BCUT2D eigenvalue weighted by atomic mass is 32.2. The minimum Gasteiger partial charge on any atom is -0.365 e. The topological polar surface area (TPSA) is 72.2 Å². The summed E-state index contributed by atoms with van der Waals surface area (Å²) < 4.78 is 29.8. The second-order valence-electron chi connectivity index (χ2n) is 3.93. The van der Waals surface area contributed by atoms with E-state index in [-0.39, 0.29) is 5.92 Å². The third-order valence-electron chi connectivity index (χ3n) is 2.75. The van der Waals surface area contributed by atoms with Crippen LogP contribution in [0.15, 0.2) is 28.8 Å². The zero-order valence-electron chi connectivity index (χ0n) is 8.80. The van der Waals surface area contributed by atoms with Crippen LogP contribution in [0.5, 0.6) is 0 Å². The van der Waals surface area contributed by atoms with Crippen molar-refractivity contribution in [2.75, 3.05) is 6.54 Å². The summed E-state index contributed by atoms with van der Waals surface area (Å²) in [6, 6.07) is 1.78. The van der Waals surface area contributed by atoms with Gasteiger partial charge in [-0.2, -0.15) is 0 Å². The molecule has 0 amide bonds. The van der Waals surface area contributed by atoms with Gasteiger partial charge in [0.15, 0.2) is 0 Å². The standard InChI is InChI=1S/C10H14N2O3S/c1-2-16(13,14)11-7-9(8-3-4-8)10-5-6-15-12-10/h2,5-6,8-9,11H,1,3-4,7H2. The summed E-state index contributed by atoms with van der Waals surface area (Å²) in [5.74, 6) is 0.617. The number of rotatable bonds is 6. The Hall–Kier alpha value is -1.14. The largest absolute Gasteiger partial charge is 0.365 e. The van der Waals surface area contributed by atoms with Crippen LogP contribution in [0.4, 0.5) is 0 Å². The molecule has 0 saturated heterocycles. The monoisotopic (exact) mass is 242 g/mol. The molecule has 1 heterocycles. The van der Waals surface area contributed by atoms with Gasteiger partial charge in [-0.15, -0.1) is 0 Å². The summed E-state index contributed by atoms with van der Waals surface area (Å²) in [5, 5.41) is 4.79. The van der Waals surface area contributed by atoms with Crippen molar-refractivity contribution >= 4 is 10.0 Å². The second kappa shape index (κ2) is 4.39. The lowest BCUT2D eigenvalue weighted by molar-refractivity contribution is 0.399. The van der Waals surface area contributed by atoms with E-state index in [9.17, 15) is 8.42 Å². The van der Waals surface area contributed by atoms with Gasteiger partial charge in [-0.1, -0.05) is 11.7 Å². The zero-order chi connectivity index (χ0) is 11.6. The number of sulfonamides is 1. The van der Waals surface area contributed by atoms with Crippen LogP contribution in [0.2, 0.25) is 0 Å². The molecule has 16 heavy (non-hydrogen) atoms. The number of nitrogens with one attached hydrogen (secondary N) is 1. The first-order valence-corrected chi connectivity index (χ1v) is 6.69. The van der Waals surface area contributed by atoms with Crippen molar-refractivity contribution in [3.8, 4) is 0 Å². The third kappa shape index (κ3) is 2.70. The molecule has 6 heteroatoms. The number of nitrogens with zero attached hydrogens (tertiary/aromatic N) is 1. The van der Waals surface area contributed by atoms with Crippen molar-refractivity contribution in [3.63, 3.8) is 0 Å². The van der Waals surface area contributed by atoms with E-state index in [2.05, 4.69) is 16.5 Å². The van der Waals surface area contributed by atoms with Crippen LogP contribution in [0.1, 0.15) is 24.5 Å². The van der Waals surface area contributed by atoms with Crippen LogP contribution in [0.25, 0.3) is 0 Å². The first-order chi connectivity index (χ1) is 7.62. The van der Waals surface area contributed by atoms with Crippen molar-refractivity contribution in [1.82, 2.24) is 9.88 Å². The number of hydrogen-bond donors (Lipinski definition) is 1. The minimum atomic E-state index is -3.36. The van der Waals surface area contributed by atoms with Gasteiger partial charge in [0.2, 0.25) is 10.0 Å². The molecule has 0 bridgehead atoms. The second-order valence-corrected chi connectivity index (χ2v) is 5.64. The van der Waals surface area contributed by atoms with Crippen molar-refractivity contribution in [2.45, 2.75) is 18.8 Å². The van der Waals surface area contributed by atoms with E-state index in [0.717, 1.165) is 23.9 Å². The van der Waals surface area contributed by atoms with E-state index >= 15 is 0 Å². The molecule has 0 aromatic carbocycles. The molecule has 1 saturated carbocycles. The summed E-state index contributed by atoms with van der Waals surface area (Å²) in [6.07, 6.45) is 3.74. The lowest BCUT2D eigenvalue weighted by Crippen LogP contribution is -2.27. The van der Waals surface area contributed by atoms with Gasteiger partial charge in [-0.3, -0.25) is 0 Å². The molecule has 1 N–H and O–H groups in total. The van der Waals surface area contributed by atoms with Crippen molar-refractivity contribution in [1.29, 1.82) is 0 Å². The SMILES string of the molecule is C=CS(=O)(=O)NCC(c1ccon1)C1CC1. The maximum absolute atomic E-state index is 11.2. The first kappa shape index (κ1) is 11.3. The van der Waals surface area contributed by atoms with Crippen LogP contribution >= 0.6 is 0 Å². The molecule has 0 aliphatic heterocycles. The Bertz CT molecular complexity index is 448. The molecule has 1 aromatic rings. The van der Waals surface area contributed by atoms with Crippen LogP contribution in [0, 0.1) is 5.92 Å². The molecular weight excluding hydrogens is 228 g/mol. The van der Waals surface area contributed by atoms with Gasteiger partial charge in [0.05, 0.1) is 5.69 Å². The third-order valence-corrected chi connectivity index (χ3v) is 3.76. The molecule has 1 fully saturated rings. The summed E-state index contributed by atoms with van der Waals surface area (Å²) in [6.45, 7) is 3.60. The predicted molar refractivity (Wildman–Crippen MR) is 59.1 cm³/mol. The maximum atomic E-state index is 11.2. The summed E-state index contributed by atoms with van der Waals surface area (Å²) in [5.41, 5.74) is 0.814. The normalized spacial score (nSPS) is 18.2. The minimum absolute atomic E-state index is 0.105. The molecule has 1 aliphatic carbocycles. The molecule has 0 radical (unpaired) electrons. The Morgan fingerprint density at radius 1 is 1.69 bits per heavy atom. The van der Waals surface area contributed by atoms with Crippen molar-refractivity contribution in [3.05, 3.63) is 30.0 Å². The van der Waals surface area contributed by atoms with E-state index < -0.39 is 10.0 Å². The molecular formula is C10H14N2O3S. The smallest absolute Gasteiger partial charge is 0.233 e. The fourth-order valence-corrected chi connectivity index (χ4v) is 2.22. The van der Waals surface area contributed by atoms with Gasteiger partial charge in [0.1, 0.15) is 6.26 Å². The summed E-state index contributed by atoms with van der Waals surface area (Å²) in [7, 11) is -3.36. The predicted octanol–water partition coefficient (Wildman–Crippen LogP) is 1.23. The Labute approximate surface area is 94.6 Å². The van der Waals surface area contributed by atoms with Crippen LogP contribution in [0.3, 0.4) is 0 Å². The number of aromatic nitrogens is 1. The molecule has 5 nitrogen and oxygen atoms in total. The van der Waals surface area contributed by atoms with Gasteiger partial charge in [0.25, 0.3) is 0 Å². The zero-order valence-corrected chi connectivity index (χ0v) is 9.61. The van der Waals surface area contributed by atoms with Crippen LogP contribution in [-0.2, 0) is 10.0 Å². The lowest BCUT2D eigenvalue weighted by Gasteiger charge is -2.12. The van der Waals surface area contributed by atoms with Crippen LogP contribution in [-0.4, -0.2) is 20.1 Å². The highest BCUT2D eigenvalue weighted by Crippen LogP contribution is 2.41. The maximum Gasteiger partial charge on any atom is 0.233 e. The molecule has 1 aromatic heterocycles. The Kier molecular flexibility index (Phi) is 3.11. The van der Waals surface area contributed by atoms with Crippen LogP contribution < -0.4 is 4.72 Å². The van der Waals surface area contributed by atoms with Gasteiger partial charge in [-0.25, -0.2) is 13.1 Å². The molecule has 1 aliphatic rings. The van der Waals surface area contributed by atoms with E-state index in [1.54, 1.807) is 6.07 Å². The van der Waals surface area contributed by atoms with Gasteiger partial charge in [-0.05, 0) is 18.8 Å². The summed E-state index contributed by atoms with van der Waals surface area (Å²) >= 11 is 0. The average Bonchev–Trinajstić information content (AvgIpc) is 2.94. The van der Waals surface area contributed by atoms with Gasteiger partial charge < -0.3 is 4.52 Å². The molecule has 1 unspecified atom stereocenters. The Morgan fingerprint density at radius 2 is 2.44 bits per heavy atom. The van der Waals surface area contributed by atoms with E-state index in [0.29, 0.717) is 12.5 Å². The van der Waals surface area contributed by atoms with E-state index in [1.165, 1.54) is 6.26 Å². The highest BCUT2D eigenvalue weighted by Gasteiger charge is 2.34. The fraction of sp³-hybridized carbons (Fsp3) is 0.500. The van der Waals surface area contributed by atoms with E-state index in [4.69, 9.17) is 4.52 Å². The quantitative estimate of drug-likeness (QED) is 0.814. The molecule has 0 spiro atoms. The molecule has 88 valence electrons. The molecule has 2 rings (SSSR count). The van der Waals surface area contributed by atoms with Gasteiger partial charge in [0, 0.05) is 23.9 Å². The average molecular weight is 242 g/mol. The van der Waals surface area contributed by atoms with E-state index in [1.807, 2.05) is 0 Å². The number of hydrogen-bond acceptors (Lipinski definition) is 4. The fourth-order valence-electron chi connectivity index (χ4n) is 1.69.